The molecule has 112 valence electrons. The largest absolute Gasteiger partial charge is 0.339 e. The van der Waals surface area contributed by atoms with Crippen LogP contribution in [0.2, 0.25) is 5.02 Å². The van der Waals surface area contributed by atoms with Gasteiger partial charge in [-0.1, -0.05) is 28.9 Å². The van der Waals surface area contributed by atoms with Gasteiger partial charge in [0.2, 0.25) is 11.7 Å². The summed E-state index contributed by atoms with van der Waals surface area (Å²) >= 11 is 6.10. The van der Waals surface area contributed by atoms with E-state index in [-0.39, 0.29) is 11.2 Å². The minimum absolute atomic E-state index is 0.170. The molecule has 1 aliphatic carbocycles. The van der Waals surface area contributed by atoms with Gasteiger partial charge in [0.05, 0.1) is 10.8 Å². The molecule has 1 fully saturated rings. The first-order valence-electron chi connectivity index (χ1n) is 6.62. The van der Waals surface area contributed by atoms with Crippen molar-refractivity contribution in [1.82, 2.24) is 10.1 Å². The van der Waals surface area contributed by atoms with Crippen LogP contribution in [0.1, 0.15) is 18.7 Å². The van der Waals surface area contributed by atoms with Crippen molar-refractivity contribution in [2.45, 2.75) is 19.3 Å². The average molecular weight is 327 g/mol. The molecule has 0 N–H and O–H groups in total. The van der Waals surface area contributed by atoms with Crippen LogP contribution in [0.5, 0.6) is 0 Å². The average Bonchev–Trinajstić information content (AvgIpc) is 2.95. The molecule has 1 aromatic carbocycles. The zero-order valence-electron chi connectivity index (χ0n) is 11.5. The second kappa shape index (κ2) is 5.10. The van der Waals surface area contributed by atoms with Crippen molar-refractivity contribution >= 4 is 21.4 Å². The summed E-state index contributed by atoms with van der Waals surface area (Å²) in [6.45, 7) is 0. The standard InChI is InChI=1S/C14H15ClN2O3S/c1-21(18,19)9-14(6-7-14)8-12-16-13(17-20-12)10-4-2-3-5-11(10)15/h2-5H,6-9H2,1H3. The molecular formula is C14H15ClN2O3S. The van der Waals surface area contributed by atoms with Crippen molar-refractivity contribution in [3.8, 4) is 11.4 Å². The quantitative estimate of drug-likeness (QED) is 0.844. The molecule has 0 saturated heterocycles. The van der Waals surface area contributed by atoms with E-state index in [1.165, 1.54) is 6.26 Å². The Hall–Kier alpha value is -1.40. The smallest absolute Gasteiger partial charge is 0.227 e. The van der Waals surface area contributed by atoms with Crippen LogP contribution in [0, 0.1) is 5.41 Å². The van der Waals surface area contributed by atoms with Gasteiger partial charge >= 0.3 is 0 Å². The number of hydrogen-bond donors (Lipinski definition) is 0. The first-order chi connectivity index (χ1) is 9.87. The molecule has 0 spiro atoms. The van der Waals surface area contributed by atoms with Gasteiger partial charge in [-0.15, -0.1) is 0 Å². The lowest BCUT2D eigenvalue weighted by Crippen LogP contribution is -2.18. The Morgan fingerprint density at radius 1 is 1.33 bits per heavy atom. The van der Waals surface area contributed by atoms with Gasteiger partial charge in [-0.3, -0.25) is 0 Å². The maximum atomic E-state index is 11.5. The van der Waals surface area contributed by atoms with E-state index in [2.05, 4.69) is 10.1 Å². The highest BCUT2D eigenvalue weighted by molar-refractivity contribution is 7.90. The van der Waals surface area contributed by atoms with E-state index >= 15 is 0 Å². The summed E-state index contributed by atoms with van der Waals surface area (Å²) in [5.74, 6) is 1.07. The Labute approximate surface area is 128 Å². The number of halogens is 1. The van der Waals surface area contributed by atoms with Crippen molar-refractivity contribution in [2.24, 2.45) is 5.41 Å². The highest BCUT2D eigenvalue weighted by atomic mass is 35.5. The van der Waals surface area contributed by atoms with E-state index in [0.717, 1.165) is 12.8 Å². The monoisotopic (exact) mass is 326 g/mol. The van der Waals surface area contributed by atoms with Crippen molar-refractivity contribution in [3.05, 3.63) is 35.2 Å². The summed E-state index contributed by atoms with van der Waals surface area (Å²) in [5, 5.41) is 4.49. The minimum Gasteiger partial charge on any atom is -0.339 e. The molecule has 2 aromatic rings. The molecule has 1 saturated carbocycles. The fourth-order valence-electron chi connectivity index (χ4n) is 2.50. The molecule has 0 unspecified atom stereocenters. The predicted molar refractivity (Wildman–Crippen MR) is 79.8 cm³/mol. The zero-order valence-corrected chi connectivity index (χ0v) is 13.1. The SMILES string of the molecule is CS(=O)(=O)CC1(Cc2nc(-c3ccccc3Cl)no2)CC1. The highest BCUT2D eigenvalue weighted by Crippen LogP contribution is 2.49. The van der Waals surface area contributed by atoms with Gasteiger partial charge in [0, 0.05) is 18.2 Å². The van der Waals surface area contributed by atoms with Crippen LogP contribution in [0.25, 0.3) is 11.4 Å². The third-order valence-corrected chi connectivity index (χ3v) is 5.10. The van der Waals surface area contributed by atoms with E-state index in [4.69, 9.17) is 16.1 Å². The van der Waals surface area contributed by atoms with Crippen LogP contribution in [0.15, 0.2) is 28.8 Å². The molecule has 0 bridgehead atoms. The second-order valence-electron chi connectivity index (χ2n) is 5.74. The van der Waals surface area contributed by atoms with Gasteiger partial charge in [0.25, 0.3) is 0 Å². The van der Waals surface area contributed by atoms with E-state index in [0.29, 0.717) is 28.7 Å². The van der Waals surface area contributed by atoms with Gasteiger partial charge < -0.3 is 4.52 Å². The van der Waals surface area contributed by atoms with Gasteiger partial charge in [0.15, 0.2) is 0 Å². The molecular weight excluding hydrogens is 312 g/mol. The first-order valence-corrected chi connectivity index (χ1v) is 9.06. The summed E-state index contributed by atoms with van der Waals surface area (Å²) in [6, 6.07) is 7.26. The van der Waals surface area contributed by atoms with Crippen LogP contribution >= 0.6 is 11.6 Å². The van der Waals surface area contributed by atoms with Crippen molar-refractivity contribution in [3.63, 3.8) is 0 Å². The maximum absolute atomic E-state index is 11.5. The topological polar surface area (TPSA) is 73.1 Å². The van der Waals surface area contributed by atoms with Gasteiger partial charge in [-0.05, 0) is 30.4 Å². The fourth-order valence-corrected chi connectivity index (χ4v) is 4.23. The van der Waals surface area contributed by atoms with Gasteiger partial charge in [-0.25, -0.2) is 8.42 Å². The summed E-state index contributed by atoms with van der Waals surface area (Å²) < 4.78 is 28.2. The highest BCUT2D eigenvalue weighted by Gasteiger charge is 2.46. The lowest BCUT2D eigenvalue weighted by molar-refractivity contribution is 0.353. The van der Waals surface area contributed by atoms with Crippen molar-refractivity contribution < 1.29 is 12.9 Å². The Morgan fingerprint density at radius 3 is 2.67 bits per heavy atom. The normalized spacial score (nSPS) is 16.9. The molecule has 7 heteroatoms. The summed E-state index contributed by atoms with van der Waals surface area (Å²) in [5.41, 5.74) is 0.486. The molecule has 0 aliphatic heterocycles. The van der Waals surface area contributed by atoms with Crippen molar-refractivity contribution in [2.75, 3.05) is 12.0 Å². The fraction of sp³-hybridized carbons (Fsp3) is 0.429. The Bertz CT molecular complexity index is 766. The van der Waals surface area contributed by atoms with E-state index in [9.17, 15) is 8.42 Å². The maximum Gasteiger partial charge on any atom is 0.227 e. The van der Waals surface area contributed by atoms with Crippen LogP contribution in [0.4, 0.5) is 0 Å². The minimum atomic E-state index is -3.00. The number of hydrogen-bond acceptors (Lipinski definition) is 5. The zero-order chi connectivity index (χ0) is 15.1. The molecule has 0 atom stereocenters. The lowest BCUT2D eigenvalue weighted by Gasteiger charge is -2.09. The lowest BCUT2D eigenvalue weighted by atomic mass is 10.1. The van der Waals surface area contributed by atoms with E-state index < -0.39 is 9.84 Å². The predicted octanol–water partition coefficient (Wildman–Crippen LogP) is 2.76. The summed E-state index contributed by atoms with van der Waals surface area (Å²) in [6.07, 6.45) is 3.52. The molecule has 0 radical (unpaired) electrons. The van der Waals surface area contributed by atoms with Gasteiger partial charge in [-0.2, -0.15) is 4.98 Å². The summed E-state index contributed by atoms with van der Waals surface area (Å²) in [7, 11) is -3.00. The Morgan fingerprint density at radius 2 is 2.05 bits per heavy atom. The first kappa shape index (κ1) is 14.5. The number of nitrogens with zero attached hydrogens (tertiary/aromatic N) is 2. The number of rotatable bonds is 5. The van der Waals surface area contributed by atoms with Crippen LogP contribution < -0.4 is 0 Å². The molecule has 0 amide bonds. The van der Waals surface area contributed by atoms with Crippen LogP contribution in [-0.4, -0.2) is 30.6 Å². The van der Waals surface area contributed by atoms with Crippen LogP contribution in [-0.2, 0) is 16.3 Å². The molecule has 1 aromatic heterocycles. The third-order valence-electron chi connectivity index (χ3n) is 3.63. The van der Waals surface area contributed by atoms with Crippen LogP contribution in [0.3, 0.4) is 0 Å². The third kappa shape index (κ3) is 3.44. The molecule has 21 heavy (non-hydrogen) atoms. The Kier molecular flexibility index (Phi) is 3.53. The van der Waals surface area contributed by atoms with Gasteiger partial charge in [0.1, 0.15) is 9.84 Å². The molecule has 1 aliphatic rings. The van der Waals surface area contributed by atoms with Crippen molar-refractivity contribution in [1.29, 1.82) is 0 Å². The number of benzene rings is 1. The van der Waals surface area contributed by atoms with E-state index in [1.54, 1.807) is 6.07 Å². The molecule has 3 rings (SSSR count). The Balaban J connectivity index is 1.79. The number of sulfone groups is 1. The molecule has 1 heterocycles. The summed E-state index contributed by atoms with van der Waals surface area (Å²) in [4.78, 5) is 4.34. The molecule has 5 nitrogen and oxygen atoms in total. The van der Waals surface area contributed by atoms with E-state index in [1.807, 2.05) is 18.2 Å². The second-order valence-corrected chi connectivity index (χ2v) is 8.29. The number of aromatic nitrogens is 2.